The first kappa shape index (κ1) is 15.5. The fraction of sp³-hybridized carbons (Fsp3) is 0.444. The topological polar surface area (TPSA) is 37.8 Å². The number of nitrogens with one attached hydrogen (secondary N) is 1. The van der Waals surface area contributed by atoms with E-state index in [-0.39, 0.29) is 0 Å². The van der Waals surface area contributed by atoms with Gasteiger partial charge in [-0.15, -0.1) is 0 Å². The lowest BCUT2D eigenvalue weighted by atomic mass is 10.00. The zero-order valence-electron chi connectivity index (χ0n) is 13.7. The molecule has 0 saturated heterocycles. The molecule has 112 valence electrons. The predicted molar refractivity (Wildman–Crippen MR) is 89.8 cm³/mol. The molecule has 21 heavy (non-hydrogen) atoms. The van der Waals surface area contributed by atoms with Crippen molar-refractivity contribution in [2.24, 2.45) is 0 Å². The van der Waals surface area contributed by atoms with Crippen molar-refractivity contribution in [2.45, 2.75) is 47.5 Å². The Morgan fingerprint density at radius 1 is 1.05 bits per heavy atom. The van der Waals surface area contributed by atoms with Gasteiger partial charge in [-0.25, -0.2) is 9.97 Å². The number of aryl methyl sites for hydroxylation is 3. The van der Waals surface area contributed by atoms with E-state index in [4.69, 9.17) is 4.98 Å². The molecule has 0 aliphatic heterocycles. The Labute approximate surface area is 127 Å². The molecule has 0 unspecified atom stereocenters. The van der Waals surface area contributed by atoms with Crippen LogP contribution in [0.1, 0.15) is 42.8 Å². The molecule has 0 aliphatic carbocycles. The predicted octanol–water partition coefficient (Wildman–Crippen LogP) is 4.45. The molecule has 2 aromatic rings. The van der Waals surface area contributed by atoms with Gasteiger partial charge in [0.15, 0.2) is 0 Å². The Bertz CT molecular complexity index is 633. The first-order valence-corrected chi connectivity index (χ1v) is 7.75. The van der Waals surface area contributed by atoms with E-state index in [0.29, 0.717) is 0 Å². The van der Waals surface area contributed by atoms with E-state index in [1.54, 1.807) is 0 Å². The van der Waals surface area contributed by atoms with Crippen LogP contribution in [0.25, 0.3) is 11.3 Å². The van der Waals surface area contributed by atoms with Crippen LogP contribution in [-0.4, -0.2) is 16.5 Å². The van der Waals surface area contributed by atoms with E-state index >= 15 is 0 Å². The van der Waals surface area contributed by atoms with E-state index in [1.807, 2.05) is 0 Å². The summed E-state index contributed by atoms with van der Waals surface area (Å²) < 4.78 is 0. The van der Waals surface area contributed by atoms with Gasteiger partial charge >= 0.3 is 0 Å². The van der Waals surface area contributed by atoms with Gasteiger partial charge in [0.2, 0.25) is 0 Å². The summed E-state index contributed by atoms with van der Waals surface area (Å²) in [7, 11) is 0. The Morgan fingerprint density at radius 3 is 2.43 bits per heavy atom. The average molecular weight is 283 g/mol. The maximum absolute atomic E-state index is 4.77. The molecule has 1 aromatic carbocycles. The van der Waals surface area contributed by atoms with E-state index in [0.717, 1.165) is 42.3 Å². The van der Waals surface area contributed by atoms with Crippen molar-refractivity contribution in [1.82, 2.24) is 9.97 Å². The highest BCUT2D eigenvalue weighted by Gasteiger charge is 2.13. The number of nitrogens with zero attached hydrogens (tertiary/aromatic N) is 2. The van der Waals surface area contributed by atoms with E-state index in [9.17, 15) is 0 Å². The van der Waals surface area contributed by atoms with Crippen molar-refractivity contribution < 1.29 is 0 Å². The van der Waals surface area contributed by atoms with E-state index in [1.165, 1.54) is 16.7 Å². The smallest absolute Gasteiger partial charge is 0.133 e. The lowest BCUT2D eigenvalue weighted by Crippen LogP contribution is -2.09. The fourth-order valence-electron chi connectivity index (χ4n) is 2.48. The second-order valence-corrected chi connectivity index (χ2v) is 5.56. The van der Waals surface area contributed by atoms with Gasteiger partial charge < -0.3 is 5.32 Å². The van der Waals surface area contributed by atoms with Crippen LogP contribution in [0.15, 0.2) is 18.2 Å². The SMILES string of the molecule is CCCNc1nc(CC)nc(-c2ccc(C)cc2C)c1C. The summed E-state index contributed by atoms with van der Waals surface area (Å²) in [4.78, 5) is 9.41. The molecule has 2 rings (SSSR count). The number of benzene rings is 1. The number of hydrogen-bond donors (Lipinski definition) is 1. The third-order valence-electron chi connectivity index (χ3n) is 3.69. The molecule has 0 bridgehead atoms. The number of rotatable bonds is 5. The van der Waals surface area contributed by atoms with Crippen LogP contribution >= 0.6 is 0 Å². The summed E-state index contributed by atoms with van der Waals surface area (Å²) in [6.07, 6.45) is 1.93. The van der Waals surface area contributed by atoms with Crippen molar-refractivity contribution in [3.63, 3.8) is 0 Å². The minimum atomic E-state index is 0.846. The third-order valence-corrected chi connectivity index (χ3v) is 3.69. The lowest BCUT2D eigenvalue weighted by molar-refractivity contribution is 0.910. The second-order valence-electron chi connectivity index (χ2n) is 5.56. The van der Waals surface area contributed by atoms with Crippen molar-refractivity contribution >= 4 is 5.82 Å². The van der Waals surface area contributed by atoms with Crippen molar-refractivity contribution in [2.75, 3.05) is 11.9 Å². The van der Waals surface area contributed by atoms with Crippen LogP contribution in [0.2, 0.25) is 0 Å². The minimum absolute atomic E-state index is 0.846. The van der Waals surface area contributed by atoms with Gasteiger partial charge in [-0.05, 0) is 32.8 Å². The van der Waals surface area contributed by atoms with Crippen LogP contribution in [-0.2, 0) is 6.42 Å². The van der Waals surface area contributed by atoms with Gasteiger partial charge in [-0.2, -0.15) is 0 Å². The van der Waals surface area contributed by atoms with Gasteiger partial charge in [0.25, 0.3) is 0 Å². The fourth-order valence-corrected chi connectivity index (χ4v) is 2.48. The van der Waals surface area contributed by atoms with Gasteiger partial charge in [-0.1, -0.05) is 37.6 Å². The zero-order valence-corrected chi connectivity index (χ0v) is 13.7. The van der Waals surface area contributed by atoms with Crippen molar-refractivity contribution in [3.05, 3.63) is 40.7 Å². The lowest BCUT2D eigenvalue weighted by Gasteiger charge is -2.15. The zero-order chi connectivity index (χ0) is 15.4. The highest BCUT2D eigenvalue weighted by Crippen LogP contribution is 2.29. The second kappa shape index (κ2) is 6.70. The molecule has 0 aliphatic rings. The Hall–Kier alpha value is -1.90. The molecule has 1 heterocycles. The Morgan fingerprint density at radius 2 is 1.81 bits per heavy atom. The molecule has 0 amide bonds. The quantitative estimate of drug-likeness (QED) is 0.880. The molecule has 0 fully saturated rings. The number of hydrogen-bond acceptors (Lipinski definition) is 3. The number of anilines is 1. The van der Waals surface area contributed by atoms with Crippen LogP contribution in [0.4, 0.5) is 5.82 Å². The molecule has 3 nitrogen and oxygen atoms in total. The normalized spacial score (nSPS) is 10.7. The summed E-state index contributed by atoms with van der Waals surface area (Å²) in [6.45, 7) is 11.6. The van der Waals surface area contributed by atoms with E-state index < -0.39 is 0 Å². The van der Waals surface area contributed by atoms with Gasteiger partial charge in [0, 0.05) is 24.1 Å². The van der Waals surface area contributed by atoms with Gasteiger partial charge in [-0.3, -0.25) is 0 Å². The average Bonchev–Trinajstić information content (AvgIpc) is 2.47. The van der Waals surface area contributed by atoms with Crippen LogP contribution in [0.3, 0.4) is 0 Å². The minimum Gasteiger partial charge on any atom is -0.370 e. The highest BCUT2D eigenvalue weighted by atomic mass is 15.0. The molecule has 0 spiro atoms. The molecular weight excluding hydrogens is 258 g/mol. The first-order chi connectivity index (χ1) is 10.1. The molecule has 0 saturated carbocycles. The molecule has 1 aromatic heterocycles. The number of aromatic nitrogens is 2. The molecule has 3 heteroatoms. The summed E-state index contributed by atoms with van der Waals surface area (Å²) in [5.41, 5.74) is 5.93. The summed E-state index contributed by atoms with van der Waals surface area (Å²) in [5.74, 6) is 1.87. The monoisotopic (exact) mass is 283 g/mol. The largest absolute Gasteiger partial charge is 0.370 e. The molecule has 1 N–H and O–H groups in total. The van der Waals surface area contributed by atoms with Crippen molar-refractivity contribution in [1.29, 1.82) is 0 Å². The van der Waals surface area contributed by atoms with Crippen LogP contribution < -0.4 is 5.32 Å². The summed E-state index contributed by atoms with van der Waals surface area (Å²) >= 11 is 0. The maximum Gasteiger partial charge on any atom is 0.133 e. The standard InChI is InChI=1S/C18H25N3/c1-6-10-19-18-14(5)17(20-16(7-2)21-18)15-9-8-12(3)11-13(15)4/h8-9,11H,6-7,10H2,1-5H3,(H,19,20,21). The van der Waals surface area contributed by atoms with Crippen molar-refractivity contribution in [3.8, 4) is 11.3 Å². The van der Waals surface area contributed by atoms with Gasteiger partial charge in [0.1, 0.15) is 11.6 Å². The summed E-state index contributed by atoms with van der Waals surface area (Å²) in [5, 5.41) is 3.43. The maximum atomic E-state index is 4.77. The van der Waals surface area contributed by atoms with Crippen LogP contribution in [0, 0.1) is 20.8 Å². The van der Waals surface area contributed by atoms with Crippen LogP contribution in [0.5, 0.6) is 0 Å². The Balaban J connectivity index is 2.56. The third kappa shape index (κ3) is 3.41. The summed E-state index contributed by atoms with van der Waals surface area (Å²) in [6, 6.07) is 6.53. The van der Waals surface area contributed by atoms with E-state index in [2.05, 4.69) is 63.1 Å². The first-order valence-electron chi connectivity index (χ1n) is 7.75. The van der Waals surface area contributed by atoms with Gasteiger partial charge in [0.05, 0.1) is 5.69 Å². The highest BCUT2D eigenvalue weighted by molar-refractivity contribution is 5.71. The molecule has 0 atom stereocenters. The molecule has 0 radical (unpaired) electrons. The Kier molecular flexibility index (Phi) is 4.94. The molecular formula is C18H25N3.